The third kappa shape index (κ3) is 4.26. The van der Waals surface area contributed by atoms with Gasteiger partial charge in [-0.2, -0.15) is 0 Å². The summed E-state index contributed by atoms with van der Waals surface area (Å²) in [7, 11) is 1.99. The Morgan fingerprint density at radius 2 is 2.24 bits per heavy atom. The first-order valence-corrected chi connectivity index (χ1v) is 6.97. The smallest absolute Gasteiger partial charge is 0.0296 e. The van der Waals surface area contributed by atoms with Gasteiger partial charge in [0.1, 0.15) is 0 Å². The third-order valence-corrected chi connectivity index (χ3v) is 3.98. The van der Waals surface area contributed by atoms with Crippen LogP contribution in [0.1, 0.15) is 29.2 Å². The van der Waals surface area contributed by atoms with E-state index in [9.17, 15) is 0 Å². The van der Waals surface area contributed by atoms with Gasteiger partial charge in [0.2, 0.25) is 0 Å². The predicted octanol–water partition coefficient (Wildman–Crippen LogP) is 3.17. The van der Waals surface area contributed by atoms with Crippen LogP contribution in [0, 0.1) is 6.92 Å². The maximum Gasteiger partial charge on any atom is 0.0296 e. The van der Waals surface area contributed by atoms with Crippen LogP contribution in [0.2, 0.25) is 0 Å². The van der Waals surface area contributed by atoms with Crippen molar-refractivity contribution in [2.45, 2.75) is 39.9 Å². The molecule has 1 aromatic heterocycles. The van der Waals surface area contributed by atoms with Gasteiger partial charge in [-0.25, -0.2) is 0 Å². The zero-order chi connectivity index (χ0) is 12.8. The molecule has 0 unspecified atom stereocenters. The maximum absolute atomic E-state index is 3.83. The van der Waals surface area contributed by atoms with Crippen molar-refractivity contribution in [1.82, 2.24) is 10.2 Å². The highest BCUT2D eigenvalue weighted by molar-refractivity contribution is 7.12. The van der Waals surface area contributed by atoms with E-state index in [-0.39, 0.29) is 0 Å². The fourth-order valence-corrected chi connectivity index (χ4v) is 2.91. The molecular formula is C14H24N2S. The summed E-state index contributed by atoms with van der Waals surface area (Å²) in [6, 6.07) is 2.88. The Bertz CT molecular complexity index is 355. The van der Waals surface area contributed by atoms with Gasteiger partial charge in [-0.1, -0.05) is 6.08 Å². The van der Waals surface area contributed by atoms with Gasteiger partial charge in [-0.15, -0.1) is 17.9 Å². The van der Waals surface area contributed by atoms with Crippen molar-refractivity contribution in [3.63, 3.8) is 0 Å². The van der Waals surface area contributed by atoms with E-state index in [0.717, 1.165) is 19.6 Å². The SMILES string of the molecule is C=CCN(Cc1cc(CNC)sc1C)C(C)C. The number of nitrogens with zero attached hydrogens (tertiary/aromatic N) is 1. The number of hydrogen-bond donors (Lipinski definition) is 1. The number of rotatable bonds is 7. The van der Waals surface area contributed by atoms with Gasteiger partial charge in [0.15, 0.2) is 0 Å². The van der Waals surface area contributed by atoms with E-state index in [4.69, 9.17) is 0 Å². The van der Waals surface area contributed by atoms with E-state index < -0.39 is 0 Å². The fourth-order valence-electron chi connectivity index (χ4n) is 1.85. The summed E-state index contributed by atoms with van der Waals surface area (Å²) >= 11 is 1.90. The molecule has 1 aromatic rings. The minimum Gasteiger partial charge on any atom is -0.315 e. The van der Waals surface area contributed by atoms with Crippen molar-refractivity contribution in [2.24, 2.45) is 0 Å². The minimum atomic E-state index is 0.556. The van der Waals surface area contributed by atoms with Crippen LogP contribution in [-0.4, -0.2) is 24.5 Å². The van der Waals surface area contributed by atoms with Crippen molar-refractivity contribution in [1.29, 1.82) is 0 Å². The lowest BCUT2D eigenvalue weighted by Gasteiger charge is -2.24. The van der Waals surface area contributed by atoms with E-state index in [0.29, 0.717) is 6.04 Å². The quantitative estimate of drug-likeness (QED) is 0.750. The topological polar surface area (TPSA) is 15.3 Å². The molecule has 0 saturated heterocycles. The molecule has 0 aliphatic rings. The van der Waals surface area contributed by atoms with E-state index in [1.54, 1.807) is 0 Å². The molecule has 1 N–H and O–H groups in total. The second-order valence-electron chi connectivity index (χ2n) is 4.64. The molecule has 1 heterocycles. The molecule has 0 radical (unpaired) electrons. The third-order valence-electron chi connectivity index (χ3n) is 2.89. The lowest BCUT2D eigenvalue weighted by atomic mass is 10.2. The van der Waals surface area contributed by atoms with Crippen LogP contribution < -0.4 is 5.32 Å². The molecule has 0 atom stereocenters. The summed E-state index contributed by atoms with van der Waals surface area (Å²) in [5, 5.41) is 3.21. The summed E-state index contributed by atoms with van der Waals surface area (Å²) in [5.74, 6) is 0. The van der Waals surface area contributed by atoms with Gasteiger partial charge in [-0.3, -0.25) is 4.90 Å². The molecular weight excluding hydrogens is 228 g/mol. The number of hydrogen-bond acceptors (Lipinski definition) is 3. The Morgan fingerprint density at radius 1 is 1.53 bits per heavy atom. The highest BCUT2D eigenvalue weighted by Gasteiger charge is 2.12. The normalized spacial score (nSPS) is 11.4. The van der Waals surface area contributed by atoms with Gasteiger partial charge >= 0.3 is 0 Å². The fraction of sp³-hybridized carbons (Fsp3) is 0.571. The highest BCUT2D eigenvalue weighted by Crippen LogP contribution is 2.23. The van der Waals surface area contributed by atoms with Crippen LogP contribution in [0.3, 0.4) is 0 Å². The Hall–Kier alpha value is -0.640. The molecule has 17 heavy (non-hydrogen) atoms. The highest BCUT2D eigenvalue weighted by atomic mass is 32.1. The first-order chi connectivity index (χ1) is 8.08. The number of aryl methyl sites for hydroxylation is 1. The standard InChI is InChI=1S/C14H24N2S/c1-6-7-16(11(2)3)10-13-8-14(9-15-5)17-12(13)4/h6,8,11,15H,1,7,9-10H2,2-5H3. The Kier molecular flexibility index (Phi) is 5.89. The average molecular weight is 252 g/mol. The summed E-state index contributed by atoms with van der Waals surface area (Å²) in [6.45, 7) is 13.5. The first kappa shape index (κ1) is 14.4. The molecule has 0 aliphatic carbocycles. The van der Waals surface area contributed by atoms with Crippen LogP contribution in [-0.2, 0) is 13.1 Å². The van der Waals surface area contributed by atoms with Crippen LogP contribution in [0.15, 0.2) is 18.7 Å². The van der Waals surface area contributed by atoms with Crippen molar-refractivity contribution in [3.8, 4) is 0 Å². The zero-order valence-corrected chi connectivity index (χ0v) is 12.2. The van der Waals surface area contributed by atoms with E-state index in [1.807, 2.05) is 24.5 Å². The first-order valence-electron chi connectivity index (χ1n) is 6.16. The Labute approximate surface area is 109 Å². The summed E-state index contributed by atoms with van der Waals surface area (Å²) in [4.78, 5) is 5.29. The lowest BCUT2D eigenvalue weighted by Crippen LogP contribution is -2.30. The number of thiophene rings is 1. The maximum atomic E-state index is 3.83. The van der Waals surface area contributed by atoms with Crippen molar-refractivity contribution in [2.75, 3.05) is 13.6 Å². The van der Waals surface area contributed by atoms with Crippen LogP contribution in [0.5, 0.6) is 0 Å². The van der Waals surface area contributed by atoms with E-state index in [2.05, 4.69) is 43.6 Å². The Balaban J connectivity index is 2.74. The molecule has 0 saturated carbocycles. The molecule has 2 nitrogen and oxygen atoms in total. The molecule has 0 aromatic carbocycles. The molecule has 0 aliphatic heterocycles. The molecule has 0 fully saturated rings. The summed E-state index contributed by atoms with van der Waals surface area (Å²) in [5.41, 5.74) is 1.45. The largest absolute Gasteiger partial charge is 0.315 e. The molecule has 0 spiro atoms. The second kappa shape index (κ2) is 6.94. The van der Waals surface area contributed by atoms with Crippen molar-refractivity contribution >= 4 is 11.3 Å². The predicted molar refractivity (Wildman–Crippen MR) is 77.6 cm³/mol. The van der Waals surface area contributed by atoms with E-state index >= 15 is 0 Å². The summed E-state index contributed by atoms with van der Waals surface area (Å²) < 4.78 is 0. The van der Waals surface area contributed by atoms with Gasteiger partial charge in [0.25, 0.3) is 0 Å². The van der Waals surface area contributed by atoms with Crippen molar-refractivity contribution in [3.05, 3.63) is 34.0 Å². The van der Waals surface area contributed by atoms with Gasteiger partial charge in [-0.05, 0) is 39.4 Å². The van der Waals surface area contributed by atoms with Crippen LogP contribution >= 0.6 is 11.3 Å². The molecule has 0 amide bonds. The number of nitrogens with one attached hydrogen (secondary N) is 1. The second-order valence-corrected chi connectivity index (χ2v) is 5.98. The molecule has 96 valence electrons. The zero-order valence-electron chi connectivity index (χ0n) is 11.4. The molecule has 1 rings (SSSR count). The molecule has 3 heteroatoms. The lowest BCUT2D eigenvalue weighted by molar-refractivity contribution is 0.237. The monoisotopic (exact) mass is 252 g/mol. The summed E-state index contributed by atoms with van der Waals surface area (Å²) in [6.07, 6.45) is 1.98. The van der Waals surface area contributed by atoms with Crippen LogP contribution in [0.25, 0.3) is 0 Å². The van der Waals surface area contributed by atoms with Gasteiger partial charge < -0.3 is 5.32 Å². The average Bonchev–Trinajstić information content (AvgIpc) is 2.59. The van der Waals surface area contributed by atoms with Crippen molar-refractivity contribution < 1.29 is 0 Å². The Morgan fingerprint density at radius 3 is 2.76 bits per heavy atom. The van der Waals surface area contributed by atoms with E-state index in [1.165, 1.54) is 15.3 Å². The van der Waals surface area contributed by atoms with Gasteiger partial charge in [0.05, 0.1) is 0 Å². The minimum absolute atomic E-state index is 0.556. The van der Waals surface area contributed by atoms with Gasteiger partial charge in [0, 0.05) is 35.4 Å². The molecule has 0 bridgehead atoms. The van der Waals surface area contributed by atoms with Crippen LogP contribution in [0.4, 0.5) is 0 Å².